The zero-order valence-corrected chi connectivity index (χ0v) is 34.2. The number of benzene rings is 3. The number of anilines is 1. The Morgan fingerprint density at radius 1 is 0.948 bits per heavy atom. The third-order valence-electron chi connectivity index (χ3n) is 11.6. The van der Waals surface area contributed by atoms with E-state index >= 15 is 0 Å². The van der Waals surface area contributed by atoms with Crippen molar-refractivity contribution in [3.05, 3.63) is 81.3 Å². The summed E-state index contributed by atoms with van der Waals surface area (Å²) in [5.41, 5.74) is 0.593. The quantitative estimate of drug-likeness (QED) is 0.0761. The lowest BCUT2D eigenvalue weighted by Gasteiger charge is -2.38. The van der Waals surface area contributed by atoms with Crippen LogP contribution in [0, 0.1) is 37.5 Å². The summed E-state index contributed by atoms with van der Waals surface area (Å²) in [5, 5.41) is 37.2. The van der Waals surface area contributed by atoms with Crippen LogP contribution in [0.1, 0.15) is 70.0 Å². The number of amides is 1. The van der Waals surface area contributed by atoms with E-state index in [1.54, 1.807) is 52.0 Å². The molecule has 308 valence electrons. The molecule has 0 saturated heterocycles. The number of aliphatic hydroxyl groups is 2. The second-order valence-corrected chi connectivity index (χ2v) is 15.6. The Morgan fingerprint density at radius 3 is 2.33 bits per heavy atom. The number of nitrogens with one attached hydrogen (secondary N) is 1. The summed E-state index contributed by atoms with van der Waals surface area (Å²) in [4.78, 5) is 59.8. The maximum atomic E-state index is 14.6. The molecule has 0 saturated carbocycles. The fourth-order valence-corrected chi connectivity index (χ4v) is 7.97. The summed E-state index contributed by atoms with van der Waals surface area (Å²) in [6.07, 6.45) is 3.67. The molecule has 0 spiro atoms. The molecule has 1 amide bonds. The Balaban J connectivity index is 1.59. The fourth-order valence-electron chi connectivity index (χ4n) is 7.97. The highest BCUT2D eigenvalue weighted by Gasteiger charge is 2.49. The van der Waals surface area contributed by atoms with E-state index in [0.29, 0.717) is 11.1 Å². The summed E-state index contributed by atoms with van der Waals surface area (Å²) in [6, 6.07) is 5.24. The second kappa shape index (κ2) is 16.0. The Hall–Kier alpha value is -5.57. The second-order valence-electron chi connectivity index (χ2n) is 15.6. The summed E-state index contributed by atoms with van der Waals surface area (Å²) in [6.45, 7) is 14.4. The van der Waals surface area contributed by atoms with Crippen molar-refractivity contribution in [3.63, 3.8) is 0 Å². The van der Waals surface area contributed by atoms with Gasteiger partial charge in [0, 0.05) is 61.2 Å². The smallest absolute Gasteiger partial charge is 0.312 e. The Morgan fingerprint density at radius 2 is 1.66 bits per heavy atom. The van der Waals surface area contributed by atoms with Crippen LogP contribution in [0.3, 0.4) is 0 Å². The predicted molar refractivity (Wildman–Crippen MR) is 217 cm³/mol. The van der Waals surface area contributed by atoms with Gasteiger partial charge in [0.25, 0.3) is 11.7 Å². The van der Waals surface area contributed by atoms with Crippen molar-refractivity contribution in [2.75, 3.05) is 12.4 Å². The van der Waals surface area contributed by atoms with Gasteiger partial charge >= 0.3 is 11.8 Å². The van der Waals surface area contributed by atoms with Crippen LogP contribution in [0.15, 0.2) is 63.6 Å². The van der Waals surface area contributed by atoms with Crippen LogP contribution in [0.5, 0.6) is 11.5 Å². The molecule has 4 aromatic rings. The molecule has 3 heterocycles. The molecule has 0 fully saturated rings. The number of carbonyl (C=O) groups is 3. The van der Waals surface area contributed by atoms with Crippen molar-refractivity contribution < 1.29 is 53.1 Å². The van der Waals surface area contributed by atoms with E-state index < -0.39 is 82.7 Å². The van der Waals surface area contributed by atoms with E-state index in [4.69, 9.17) is 28.3 Å². The minimum atomic E-state index is -2.02. The largest absolute Gasteiger partial charge is 0.505 e. The summed E-state index contributed by atoms with van der Waals surface area (Å²) >= 11 is 0. The van der Waals surface area contributed by atoms with Crippen molar-refractivity contribution in [1.29, 1.82) is 0 Å². The number of aromatic nitrogens is 1. The standard InChI is InChI=1S/C44H50N2O12/c1-19-13-12-16-28-32(19)45-33-29-30-37(50)25(7)40-31(29)42(52)44(9,58-40)55-18-17-27(54-10)22(4)39(56-26(8)47)24(6)36(49)23(5)35(48)20(2)14-11-15-21(3)43(53)46-34(38(30)51)41(33)57-28/h11-18,20,22-24,27,35-36,39,48-49,51H,1-10H3,(H,46,53)/b14-11+,18-17+,21-15+/t20-,22+,23+,24+,27-,35-,36+,39+,44-/m0/s1. The Bertz CT molecular complexity index is 2480. The fraction of sp³-hybridized carbons (Fsp3) is 0.432. The summed E-state index contributed by atoms with van der Waals surface area (Å²) < 4.78 is 30.1. The number of nitrogens with zero attached hydrogens (tertiary/aromatic N) is 1. The number of aromatic hydroxyl groups is 1. The normalized spacial score (nSPS) is 30.4. The van der Waals surface area contributed by atoms with Crippen molar-refractivity contribution in [3.8, 4) is 11.5 Å². The van der Waals surface area contributed by atoms with E-state index in [1.165, 1.54) is 53.2 Å². The number of carbonyl (C=O) groups excluding carboxylic acids is 3. The first-order valence-corrected chi connectivity index (χ1v) is 19.2. The topological polar surface area (TPSA) is 204 Å². The molecule has 2 aliphatic rings. The molecule has 0 radical (unpaired) electrons. The number of allylic oxidation sites excluding steroid dienone is 2. The molecule has 0 aliphatic carbocycles. The molecular formula is C44H50N2O12. The van der Waals surface area contributed by atoms with Crippen LogP contribution >= 0.6 is 0 Å². The van der Waals surface area contributed by atoms with E-state index in [2.05, 4.69) is 5.32 Å². The van der Waals surface area contributed by atoms with Crippen LogP contribution in [0.2, 0.25) is 0 Å². The SMILES string of the molecule is CO[C@H]1/C=C/O[C@@]2(C)Oc3c(C)c(=O)c4c(O)c(c5oc6cccc(C)c6nc5c4c3C2=O)NC(=O)/C(C)=C/C=C/[C@H](C)[C@H](O)[C@@H](C)[C@@H](O)[C@@H](C)[C@H](OC(C)=O)[C@@H]1C. The highest BCUT2D eigenvalue weighted by Crippen LogP contribution is 2.48. The molecule has 0 unspecified atom stereocenters. The van der Waals surface area contributed by atoms with Crippen LogP contribution in [-0.2, 0) is 23.8 Å². The Labute approximate surface area is 335 Å². The molecule has 3 aromatic carbocycles. The average molecular weight is 799 g/mol. The maximum absolute atomic E-state index is 14.6. The van der Waals surface area contributed by atoms with Crippen molar-refractivity contribution in [2.45, 2.75) is 92.5 Å². The molecule has 6 rings (SSSR count). The zero-order valence-electron chi connectivity index (χ0n) is 34.2. The third kappa shape index (κ3) is 7.24. The van der Waals surface area contributed by atoms with Gasteiger partial charge in [0.15, 0.2) is 22.3 Å². The number of phenols is 1. The molecule has 4 bridgehead atoms. The van der Waals surface area contributed by atoms with Gasteiger partial charge in [-0.2, -0.15) is 0 Å². The summed E-state index contributed by atoms with van der Waals surface area (Å²) in [5.74, 6) is -7.10. The number of Topliss-reactive ketones (excluding diaryl/α,β-unsaturated/α-hetero) is 1. The van der Waals surface area contributed by atoms with Crippen LogP contribution < -0.4 is 15.5 Å². The van der Waals surface area contributed by atoms with Gasteiger partial charge in [-0.15, -0.1) is 0 Å². The molecule has 9 atom stereocenters. The Kier molecular flexibility index (Phi) is 11.6. The molecule has 2 aliphatic heterocycles. The van der Waals surface area contributed by atoms with Gasteiger partial charge in [-0.1, -0.05) is 58.1 Å². The molecule has 14 heteroatoms. The number of methoxy groups -OCH3 is 1. The number of aryl methyl sites for hydroxylation is 1. The number of esters is 1. The van der Waals surface area contributed by atoms with Gasteiger partial charge in [0.05, 0.1) is 35.5 Å². The lowest BCUT2D eigenvalue weighted by Crippen LogP contribution is -2.46. The first-order valence-electron chi connectivity index (χ1n) is 19.2. The highest BCUT2D eigenvalue weighted by atomic mass is 16.7. The maximum Gasteiger partial charge on any atom is 0.312 e. The number of hydrogen-bond donors (Lipinski definition) is 4. The van der Waals surface area contributed by atoms with E-state index in [1.807, 2.05) is 13.0 Å². The van der Waals surface area contributed by atoms with Gasteiger partial charge in [0.2, 0.25) is 0 Å². The predicted octanol–water partition coefficient (Wildman–Crippen LogP) is 6.31. The van der Waals surface area contributed by atoms with Gasteiger partial charge in [-0.3, -0.25) is 19.2 Å². The number of para-hydroxylation sites is 1. The minimum absolute atomic E-state index is 0.00502. The van der Waals surface area contributed by atoms with Crippen LogP contribution in [0.25, 0.3) is 33.0 Å². The van der Waals surface area contributed by atoms with Crippen molar-refractivity contribution in [2.24, 2.45) is 23.7 Å². The number of hydrogen-bond acceptors (Lipinski definition) is 13. The average Bonchev–Trinajstić information content (AvgIpc) is 3.45. The molecular weight excluding hydrogens is 748 g/mol. The van der Waals surface area contributed by atoms with Crippen molar-refractivity contribution in [1.82, 2.24) is 4.98 Å². The number of ketones is 1. The highest BCUT2D eigenvalue weighted by molar-refractivity contribution is 6.26. The molecule has 58 heavy (non-hydrogen) atoms. The summed E-state index contributed by atoms with van der Waals surface area (Å²) in [7, 11) is 1.45. The van der Waals surface area contributed by atoms with E-state index in [9.17, 15) is 34.5 Å². The number of rotatable bonds is 2. The van der Waals surface area contributed by atoms with Crippen LogP contribution in [0.4, 0.5) is 5.69 Å². The number of phenolic OH excluding ortho intramolecular Hbond substituents is 1. The monoisotopic (exact) mass is 798 g/mol. The third-order valence-corrected chi connectivity index (χ3v) is 11.6. The van der Waals surface area contributed by atoms with E-state index in [-0.39, 0.29) is 50.0 Å². The van der Waals surface area contributed by atoms with Crippen molar-refractivity contribution >= 4 is 56.3 Å². The first kappa shape index (κ1) is 42.0. The van der Waals surface area contributed by atoms with Crippen LogP contribution in [-0.4, -0.2) is 75.3 Å². The minimum Gasteiger partial charge on any atom is -0.505 e. The van der Waals surface area contributed by atoms with Gasteiger partial charge in [-0.25, -0.2) is 4.98 Å². The lowest BCUT2D eigenvalue weighted by atomic mass is 9.78. The molecule has 14 nitrogen and oxygen atoms in total. The van der Waals surface area contributed by atoms with Gasteiger partial charge in [0.1, 0.15) is 28.6 Å². The number of aliphatic hydroxyl groups excluding tert-OH is 2. The van der Waals surface area contributed by atoms with Gasteiger partial charge < -0.3 is 44.0 Å². The molecule has 1 aromatic heterocycles. The molecule has 4 N–H and O–H groups in total. The van der Waals surface area contributed by atoms with E-state index in [0.717, 1.165) is 5.56 Å². The number of ether oxygens (including phenoxy) is 4. The van der Waals surface area contributed by atoms with Gasteiger partial charge in [-0.05, 0) is 38.5 Å². The zero-order chi connectivity index (χ0) is 42.5. The first-order chi connectivity index (χ1) is 27.3. The number of fused-ring (bicyclic) bond motifs is 2. The lowest BCUT2D eigenvalue weighted by molar-refractivity contribution is -0.160.